The van der Waals surface area contributed by atoms with Gasteiger partial charge in [-0.25, -0.2) is 8.42 Å². The van der Waals surface area contributed by atoms with Crippen LogP contribution in [-0.2, 0) is 14.8 Å². The van der Waals surface area contributed by atoms with Gasteiger partial charge >= 0.3 is 0 Å². The van der Waals surface area contributed by atoms with Crippen LogP contribution in [0.25, 0.3) is 0 Å². The number of carbonyl (C=O) groups excluding carboxylic acids is 1. The lowest BCUT2D eigenvalue weighted by atomic mass is 10.0. The monoisotopic (exact) mass is 402 g/mol. The Kier molecular flexibility index (Phi) is 7.24. The van der Waals surface area contributed by atoms with Gasteiger partial charge in [0.25, 0.3) is 0 Å². The van der Waals surface area contributed by atoms with Gasteiger partial charge in [0.1, 0.15) is 6.04 Å². The summed E-state index contributed by atoms with van der Waals surface area (Å²) in [4.78, 5) is 13.1. The summed E-state index contributed by atoms with van der Waals surface area (Å²) in [7, 11) is -3.64. The topological polar surface area (TPSA) is 66.5 Å². The van der Waals surface area contributed by atoms with E-state index >= 15 is 0 Å². The minimum absolute atomic E-state index is 0.163. The zero-order valence-electron chi connectivity index (χ0n) is 17.3. The van der Waals surface area contributed by atoms with Crippen LogP contribution in [0.4, 0.5) is 5.69 Å². The molecule has 0 aromatic heterocycles. The van der Waals surface area contributed by atoms with Gasteiger partial charge in [0, 0.05) is 0 Å². The molecule has 152 valence electrons. The minimum Gasteiger partial charge on any atom is -0.347 e. The molecular weight excluding hydrogens is 372 g/mol. The highest BCUT2D eigenvalue weighted by Gasteiger charge is 2.32. The van der Waals surface area contributed by atoms with Crippen molar-refractivity contribution in [3.05, 3.63) is 65.2 Å². The van der Waals surface area contributed by atoms with Crippen molar-refractivity contribution in [2.75, 3.05) is 10.6 Å². The van der Waals surface area contributed by atoms with E-state index in [1.54, 1.807) is 6.07 Å². The standard InChI is InChI=1S/C22H30N2O3S/c1-6-20(18-11-9-8-10-12-18)23-22(25)21(7-2)24(28(5,26)27)19-14-13-16(3)17(4)15-19/h8-15,20-21H,6-7H2,1-5H3,(H,23,25)/t20-,21-/m0/s1. The van der Waals surface area contributed by atoms with Gasteiger partial charge < -0.3 is 5.32 Å². The molecule has 0 aliphatic rings. The molecule has 1 N–H and O–H groups in total. The quantitative estimate of drug-likeness (QED) is 0.722. The Hall–Kier alpha value is -2.34. The van der Waals surface area contributed by atoms with Crippen LogP contribution >= 0.6 is 0 Å². The van der Waals surface area contributed by atoms with Gasteiger partial charge in [0.05, 0.1) is 18.0 Å². The van der Waals surface area contributed by atoms with Crippen LogP contribution in [0.1, 0.15) is 49.4 Å². The summed E-state index contributed by atoms with van der Waals surface area (Å²) in [6.45, 7) is 7.73. The Bertz CT molecular complexity index is 911. The van der Waals surface area contributed by atoms with Crippen LogP contribution in [-0.4, -0.2) is 26.6 Å². The summed E-state index contributed by atoms with van der Waals surface area (Å²) >= 11 is 0. The molecule has 2 aromatic rings. The molecule has 0 heterocycles. The fourth-order valence-electron chi connectivity index (χ4n) is 3.30. The van der Waals surface area contributed by atoms with Gasteiger partial charge in [0.15, 0.2) is 0 Å². The summed E-state index contributed by atoms with van der Waals surface area (Å²) < 4.78 is 26.5. The van der Waals surface area contributed by atoms with Crippen molar-refractivity contribution in [1.29, 1.82) is 0 Å². The van der Waals surface area contributed by atoms with E-state index in [1.165, 1.54) is 4.31 Å². The number of aryl methyl sites for hydroxylation is 2. The van der Waals surface area contributed by atoms with Gasteiger partial charge in [-0.3, -0.25) is 9.10 Å². The second-order valence-electron chi connectivity index (χ2n) is 7.13. The number of nitrogens with one attached hydrogen (secondary N) is 1. The first-order valence-electron chi connectivity index (χ1n) is 9.61. The average molecular weight is 403 g/mol. The largest absolute Gasteiger partial charge is 0.347 e. The third-order valence-corrected chi connectivity index (χ3v) is 6.18. The predicted molar refractivity (Wildman–Crippen MR) is 115 cm³/mol. The Labute approximate surface area is 168 Å². The fraction of sp³-hybridized carbons (Fsp3) is 0.409. The smallest absolute Gasteiger partial charge is 0.244 e. The van der Waals surface area contributed by atoms with Crippen molar-refractivity contribution < 1.29 is 13.2 Å². The zero-order valence-corrected chi connectivity index (χ0v) is 18.1. The van der Waals surface area contributed by atoms with Gasteiger partial charge in [-0.05, 0) is 55.5 Å². The molecule has 2 aromatic carbocycles. The van der Waals surface area contributed by atoms with E-state index in [1.807, 2.05) is 70.2 Å². The average Bonchev–Trinajstić information content (AvgIpc) is 2.66. The maximum absolute atomic E-state index is 13.1. The molecule has 2 rings (SSSR count). The van der Waals surface area contributed by atoms with E-state index in [9.17, 15) is 13.2 Å². The second-order valence-corrected chi connectivity index (χ2v) is 8.99. The maximum atomic E-state index is 13.1. The number of amides is 1. The lowest BCUT2D eigenvalue weighted by Crippen LogP contribution is -2.50. The molecule has 0 saturated heterocycles. The van der Waals surface area contributed by atoms with E-state index in [0.29, 0.717) is 18.5 Å². The number of hydrogen-bond donors (Lipinski definition) is 1. The summed E-state index contributed by atoms with van der Waals surface area (Å²) in [5.41, 5.74) is 3.58. The molecule has 0 aliphatic carbocycles. The van der Waals surface area contributed by atoms with Crippen molar-refractivity contribution >= 4 is 21.6 Å². The number of benzene rings is 2. The zero-order chi connectivity index (χ0) is 20.9. The van der Waals surface area contributed by atoms with E-state index in [-0.39, 0.29) is 11.9 Å². The fourth-order valence-corrected chi connectivity index (χ4v) is 4.50. The minimum atomic E-state index is -3.64. The second kappa shape index (κ2) is 9.24. The Morgan fingerprint density at radius 1 is 1.00 bits per heavy atom. The van der Waals surface area contributed by atoms with Crippen molar-refractivity contribution in [3.8, 4) is 0 Å². The maximum Gasteiger partial charge on any atom is 0.244 e. The molecule has 2 atom stereocenters. The van der Waals surface area contributed by atoms with Crippen LogP contribution in [0, 0.1) is 13.8 Å². The lowest BCUT2D eigenvalue weighted by molar-refractivity contribution is -0.123. The molecule has 0 saturated carbocycles. The number of anilines is 1. The number of hydrogen-bond acceptors (Lipinski definition) is 3. The van der Waals surface area contributed by atoms with Gasteiger partial charge in [-0.15, -0.1) is 0 Å². The molecule has 1 amide bonds. The van der Waals surface area contributed by atoms with Crippen LogP contribution < -0.4 is 9.62 Å². The van der Waals surface area contributed by atoms with Crippen LogP contribution in [0.2, 0.25) is 0 Å². The molecule has 0 bridgehead atoms. The first-order chi connectivity index (χ1) is 13.2. The number of rotatable bonds is 8. The Morgan fingerprint density at radius 3 is 2.14 bits per heavy atom. The summed E-state index contributed by atoms with van der Waals surface area (Å²) in [5.74, 6) is -0.290. The molecule has 28 heavy (non-hydrogen) atoms. The number of carbonyl (C=O) groups is 1. The van der Waals surface area contributed by atoms with Crippen LogP contribution in [0.3, 0.4) is 0 Å². The number of nitrogens with zero attached hydrogens (tertiary/aromatic N) is 1. The third kappa shape index (κ3) is 5.13. The van der Waals surface area contributed by atoms with Gasteiger partial charge in [-0.1, -0.05) is 50.2 Å². The SMILES string of the molecule is CC[C@H](NC(=O)[C@H](CC)N(c1ccc(C)c(C)c1)S(C)(=O)=O)c1ccccc1. The van der Waals surface area contributed by atoms with E-state index in [0.717, 1.165) is 22.9 Å². The lowest BCUT2D eigenvalue weighted by Gasteiger charge is -2.31. The highest BCUT2D eigenvalue weighted by molar-refractivity contribution is 7.92. The molecule has 0 fully saturated rings. The highest BCUT2D eigenvalue weighted by Crippen LogP contribution is 2.26. The molecule has 0 aliphatic heterocycles. The molecule has 6 heteroatoms. The molecule has 0 unspecified atom stereocenters. The first-order valence-corrected chi connectivity index (χ1v) is 11.5. The first kappa shape index (κ1) is 22.0. The summed E-state index contributed by atoms with van der Waals surface area (Å²) in [6, 6.07) is 14.2. The van der Waals surface area contributed by atoms with Crippen molar-refractivity contribution in [2.24, 2.45) is 0 Å². The van der Waals surface area contributed by atoms with E-state index in [2.05, 4.69) is 5.32 Å². The van der Waals surface area contributed by atoms with Crippen molar-refractivity contribution in [3.63, 3.8) is 0 Å². The third-order valence-electron chi connectivity index (χ3n) is 5.00. The predicted octanol–water partition coefficient (Wildman–Crippen LogP) is 4.12. The summed E-state index contributed by atoms with van der Waals surface area (Å²) in [5, 5.41) is 3.04. The van der Waals surface area contributed by atoms with Crippen molar-refractivity contribution in [1.82, 2.24) is 5.32 Å². The van der Waals surface area contributed by atoms with Crippen LogP contribution in [0.15, 0.2) is 48.5 Å². The van der Waals surface area contributed by atoms with Gasteiger partial charge in [-0.2, -0.15) is 0 Å². The highest BCUT2D eigenvalue weighted by atomic mass is 32.2. The Morgan fingerprint density at radius 2 is 1.64 bits per heavy atom. The molecule has 0 spiro atoms. The molecule has 5 nitrogen and oxygen atoms in total. The van der Waals surface area contributed by atoms with Gasteiger partial charge in [0.2, 0.25) is 15.9 Å². The molecule has 0 radical (unpaired) electrons. The summed E-state index contributed by atoms with van der Waals surface area (Å²) in [6.07, 6.45) is 2.23. The molecular formula is C22H30N2O3S. The van der Waals surface area contributed by atoms with E-state index in [4.69, 9.17) is 0 Å². The number of sulfonamides is 1. The van der Waals surface area contributed by atoms with Crippen molar-refractivity contribution in [2.45, 2.75) is 52.6 Å². The van der Waals surface area contributed by atoms with Crippen LogP contribution in [0.5, 0.6) is 0 Å². The normalized spacial score (nSPS) is 13.6. The Balaban J connectivity index is 2.37. The van der Waals surface area contributed by atoms with E-state index < -0.39 is 16.1 Å².